The summed E-state index contributed by atoms with van der Waals surface area (Å²) in [5.41, 5.74) is 4.51. The second-order valence-corrected chi connectivity index (χ2v) is 5.57. The highest BCUT2D eigenvalue weighted by Crippen LogP contribution is 2.25. The minimum absolute atomic E-state index is 0.0612. The predicted octanol–water partition coefficient (Wildman–Crippen LogP) is 1.52. The van der Waals surface area contributed by atoms with Crippen molar-refractivity contribution >= 4 is 28.5 Å². The molecule has 0 atom stereocenters. The van der Waals surface area contributed by atoms with Gasteiger partial charge in [-0.15, -0.1) is 0 Å². The van der Waals surface area contributed by atoms with Gasteiger partial charge in [0.05, 0.1) is 25.5 Å². The molecule has 0 aliphatic heterocycles. The molecule has 2 aromatic carbocycles. The van der Waals surface area contributed by atoms with Crippen molar-refractivity contribution in [2.75, 3.05) is 7.11 Å². The molecule has 0 radical (unpaired) electrons. The number of methoxy groups -OCH3 is 1. The van der Waals surface area contributed by atoms with E-state index in [1.807, 2.05) is 24.3 Å². The third-order valence-electron chi connectivity index (χ3n) is 3.81. The van der Waals surface area contributed by atoms with Crippen LogP contribution in [0.5, 0.6) is 5.75 Å². The monoisotopic (exact) mass is 367 g/mol. The van der Waals surface area contributed by atoms with Gasteiger partial charge in [0, 0.05) is 0 Å². The number of carbonyl (C=O) groups is 3. The van der Waals surface area contributed by atoms with Crippen molar-refractivity contribution in [3.8, 4) is 5.75 Å². The van der Waals surface area contributed by atoms with Crippen LogP contribution in [0.1, 0.15) is 16.1 Å². The summed E-state index contributed by atoms with van der Waals surface area (Å²) in [5.74, 6) is -1.67. The number of hydrogen-bond acceptors (Lipinski definition) is 5. The Morgan fingerprint density at radius 3 is 2.37 bits per heavy atom. The van der Waals surface area contributed by atoms with Gasteiger partial charge in [-0.2, -0.15) is 0 Å². The number of hydrogen-bond donors (Lipinski definition) is 3. The number of benzene rings is 2. The maximum absolute atomic E-state index is 12.4. The van der Waals surface area contributed by atoms with Crippen molar-refractivity contribution in [2.45, 2.75) is 6.54 Å². The van der Waals surface area contributed by atoms with Gasteiger partial charge in [-0.25, -0.2) is 0 Å². The van der Waals surface area contributed by atoms with Crippen LogP contribution in [-0.2, 0) is 16.1 Å². The van der Waals surface area contributed by atoms with Crippen LogP contribution in [0.25, 0.3) is 10.8 Å². The Hall–Kier alpha value is -3.81. The number of hydrazine groups is 1. The number of carbonyl (C=O) groups excluding carboxylic acids is 3. The molecule has 3 rings (SSSR count). The number of rotatable bonds is 4. The van der Waals surface area contributed by atoms with Gasteiger partial charge in [0.15, 0.2) is 0 Å². The molecule has 8 nitrogen and oxygen atoms in total. The van der Waals surface area contributed by atoms with Gasteiger partial charge in [-0.05, 0) is 35.0 Å². The average Bonchev–Trinajstić information content (AvgIpc) is 3.22. The van der Waals surface area contributed by atoms with Crippen LogP contribution in [0, 0.1) is 0 Å². The largest absolute Gasteiger partial charge is 0.496 e. The van der Waals surface area contributed by atoms with E-state index in [-0.39, 0.29) is 12.1 Å². The van der Waals surface area contributed by atoms with E-state index >= 15 is 0 Å². The van der Waals surface area contributed by atoms with E-state index in [2.05, 4.69) is 16.2 Å². The number of fused-ring (bicyclic) bond motifs is 1. The summed E-state index contributed by atoms with van der Waals surface area (Å²) in [6.45, 7) is 0.0612. The molecule has 0 saturated carbocycles. The second-order valence-electron chi connectivity index (χ2n) is 5.57. The lowest BCUT2D eigenvalue weighted by Gasteiger charge is -2.11. The molecule has 3 amide bonds. The first-order valence-corrected chi connectivity index (χ1v) is 8.06. The molecule has 0 aliphatic carbocycles. The first-order chi connectivity index (χ1) is 13.1. The molecular formula is C19H17N3O5. The fraction of sp³-hybridized carbons (Fsp3) is 0.105. The van der Waals surface area contributed by atoms with E-state index in [9.17, 15) is 14.4 Å². The zero-order valence-corrected chi connectivity index (χ0v) is 14.4. The topological polar surface area (TPSA) is 110 Å². The molecule has 0 saturated heterocycles. The van der Waals surface area contributed by atoms with Crippen molar-refractivity contribution in [3.05, 3.63) is 66.1 Å². The Morgan fingerprint density at radius 1 is 0.963 bits per heavy atom. The quantitative estimate of drug-likeness (QED) is 0.478. The molecule has 138 valence electrons. The van der Waals surface area contributed by atoms with E-state index in [1.54, 1.807) is 24.3 Å². The molecule has 3 aromatic rings. The maximum Gasteiger partial charge on any atom is 0.327 e. The summed E-state index contributed by atoms with van der Waals surface area (Å²) in [6, 6.07) is 14.2. The van der Waals surface area contributed by atoms with Crippen LogP contribution in [0.2, 0.25) is 0 Å². The minimum atomic E-state index is -1.00. The molecule has 3 N–H and O–H groups in total. The second kappa shape index (κ2) is 8.05. The standard InChI is InChI=1S/C19H17N3O5/c1-26-16-10-13-6-3-2-5-12(13)9-15(16)17(23)21-22-19(25)18(24)20-11-14-7-4-8-27-14/h2-10H,11H2,1H3,(H,20,24)(H,21,23)(H,22,25). The highest BCUT2D eigenvalue weighted by atomic mass is 16.5. The van der Waals surface area contributed by atoms with E-state index in [0.29, 0.717) is 11.5 Å². The zero-order chi connectivity index (χ0) is 19.2. The normalized spacial score (nSPS) is 10.3. The van der Waals surface area contributed by atoms with Crippen LogP contribution in [-0.4, -0.2) is 24.8 Å². The number of amides is 3. The van der Waals surface area contributed by atoms with Gasteiger partial charge in [-0.1, -0.05) is 24.3 Å². The molecule has 1 aromatic heterocycles. The molecule has 0 aliphatic rings. The van der Waals surface area contributed by atoms with Crippen LogP contribution < -0.4 is 20.9 Å². The Labute approximate surface area is 154 Å². The molecule has 0 bridgehead atoms. The zero-order valence-electron chi connectivity index (χ0n) is 14.4. The molecule has 27 heavy (non-hydrogen) atoms. The average molecular weight is 367 g/mol. The number of ether oxygens (including phenoxy) is 1. The van der Waals surface area contributed by atoms with E-state index in [1.165, 1.54) is 13.4 Å². The van der Waals surface area contributed by atoms with Crippen molar-refractivity contribution in [1.29, 1.82) is 0 Å². The van der Waals surface area contributed by atoms with E-state index in [4.69, 9.17) is 9.15 Å². The Morgan fingerprint density at radius 2 is 1.70 bits per heavy atom. The van der Waals surface area contributed by atoms with Gasteiger partial charge in [0.1, 0.15) is 11.5 Å². The number of furan rings is 1. The highest BCUT2D eigenvalue weighted by molar-refractivity contribution is 6.35. The van der Waals surface area contributed by atoms with Crippen LogP contribution in [0.3, 0.4) is 0 Å². The first kappa shape index (κ1) is 18.0. The summed E-state index contributed by atoms with van der Waals surface area (Å²) < 4.78 is 10.3. The highest BCUT2D eigenvalue weighted by Gasteiger charge is 2.17. The summed E-state index contributed by atoms with van der Waals surface area (Å²) in [6.07, 6.45) is 1.46. The van der Waals surface area contributed by atoms with Crippen molar-refractivity contribution in [2.24, 2.45) is 0 Å². The fourth-order valence-electron chi connectivity index (χ4n) is 2.46. The van der Waals surface area contributed by atoms with Crippen molar-refractivity contribution in [1.82, 2.24) is 16.2 Å². The summed E-state index contributed by atoms with van der Waals surface area (Å²) in [7, 11) is 1.45. The lowest BCUT2D eigenvalue weighted by molar-refractivity contribution is -0.139. The SMILES string of the molecule is COc1cc2ccccc2cc1C(=O)NNC(=O)C(=O)NCc1ccco1. The molecule has 8 heteroatoms. The summed E-state index contributed by atoms with van der Waals surface area (Å²) in [5, 5.41) is 4.12. The van der Waals surface area contributed by atoms with Gasteiger partial charge in [0.25, 0.3) is 5.91 Å². The van der Waals surface area contributed by atoms with Crippen molar-refractivity contribution in [3.63, 3.8) is 0 Å². The predicted molar refractivity (Wildman–Crippen MR) is 96.7 cm³/mol. The summed E-state index contributed by atoms with van der Waals surface area (Å²) >= 11 is 0. The molecule has 1 heterocycles. The summed E-state index contributed by atoms with van der Waals surface area (Å²) in [4.78, 5) is 35.9. The maximum atomic E-state index is 12.4. The van der Waals surface area contributed by atoms with Gasteiger partial charge in [-0.3, -0.25) is 25.2 Å². The van der Waals surface area contributed by atoms with E-state index < -0.39 is 17.7 Å². The van der Waals surface area contributed by atoms with Crippen LogP contribution in [0.15, 0.2) is 59.2 Å². The Balaban J connectivity index is 1.62. The van der Waals surface area contributed by atoms with Crippen molar-refractivity contribution < 1.29 is 23.5 Å². The molecule has 0 fully saturated rings. The van der Waals surface area contributed by atoms with Gasteiger partial charge in [0.2, 0.25) is 0 Å². The lowest BCUT2D eigenvalue weighted by atomic mass is 10.1. The minimum Gasteiger partial charge on any atom is -0.496 e. The molecular weight excluding hydrogens is 350 g/mol. The Bertz CT molecular complexity index is 982. The van der Waals surface area contributed by atoms with Crippen LogP contribution >= 0.6 is 0 Å². The smallest absolute Gasteiger partial charge is 0.327 e. The van der Waals surface area contributed by atoms with Crippen LogP contribution in [0.4, 0.5) is 0 Å². The lowest BCUT2D eigenvalue weighted by Crippen LogP contribution is -2.48. The first-order valence-electron chi connectivity index (χ1n) is 8.06. The molecule has 0 spiro atoms. The third-order valence-corrected chi connectivity index (χ3v) is 3.81. The number of nitrogens with one attached hydrogen (secondary N) is 3. The van der Waals surface area contributed by atoms with Gasteiger partial charge >= 0.3 is 11.8 Å². The third kappa shape index (κ3) is 4.24. The Kier molecular flexibility index (Phi) is 5.36. The molecule has 0 unspecified atom stereocenters. The fourth-order valence-corrected chi connectivity index (χ4v) is 2.46. The van der Waals surface area contributed by atoms with Gasteiger partial charge < -0.3 is 14.5 Å². The van der Waals surface area contributed by atoms with E-state index in [0.717, 1.165) is 10.8 Å².